The first-order valence-corrected chi connectivity index (χ1v) is 5.68. The summed E-state index contributed by atoms with van der Waals surface area (Å²) in [5, 5.41) is 6.79. The van der Waals surface area contributed by atoms with E-state index >= 15 is 0 Å². The smallest absolute Gasteiger partial charge is 0.110 e. The molecule has 1 rings (SSSR count). The average molecular weight is 198 g/mol. The van der Waals surface area contributed by atoms with Gasteiger partial charge in [0.25, 0.3) is 0 Å². The molecule has 0 aromatic carbocycles. The number of hydrogen-bond acceptors (Lipinski definition) is 3. The summed E-state index contributed by atoms with van der Waals surface area (Å²) in [6.07, 6.45) is 0. The van der Waals surface area contributed by atoms with Gasteiger partial charge in [0.15, 0.2) is 0 Å². The van der Waals surface area contributed by atoms with E-state index in [-0.39, 0.29) is 0 Å². The van der Waals surface area contributed by atoms with Crippen LogP contribution in [0.25, 0.3) is 0 Å². The summed E-state index contributed by atoms with van der Waals surface area (Å²) in [7, 11) is 0. The van der Waals surface area contributed by atoms with E-state index in [9.17, 15) is 0 Å². The standard InChI is InChI=1S/C10H18N2S/c1-5-11-9(7(2)3)10-12-8(4)6-13-10/h6-7,9,11H,5H2,1-4H3. The van der Waals surface area contributed by atoms with Gasteiger partial charge in [0.1, 0.15) is 5.01 Å². The average Bonchev–Trinajstić information content (AvgIpc) is 2.46. The maximum Gasteiger partial charge on any atom is 0.110 e. The third kappa shape index (κ3) is 2.78. The van der Waals surface area contributed by atoms with Crippen LogP contribution in [0.15, 0.2) is 5.38 Å². The Kier molecular flexibility index (Phi) is 3.88. The Bertz CT molecular complexity index is 255. The van der Waals surface area contributed by atoms with Crippen LogP contribution in [-0.2, 0) is 0 Å². The fourth-order valence-corrected chi connectivity index (χ4v) is 2.39. The normalized spacial score (nSPS) is 13.6. The number of aromatic nitrogens is 1. The summed E-state index contributed by atoms with van der Waals surface area (Å²) in [5.41, 5.74) is 1.13. The van der Waals surface area contributed by atoms with Crippen molar-refractivity contribution >= 4 is 11.3 Å². The van der Waals surface area contributed by atoms with E-state index in [2.05, 4.69) is 36.5 Å². The van der Waals surface area contributed by atoms with E-state index in [1.807, 2.05) is 6.92 Å². The van der Waals surface area contributed by atoms with Crippen LogP contribution in [0.4, 0.5) is 0 Å². The highest BCUT2D eigenvalue weighted by atomic mass is 32.1. The van der Waals surface area contributed by atoms with Crippen molar-refractivity contribution in [3.63, 3.8) is 0 Å². The van der Waals surface area contributed by atoms with Gasteiger partial charge < -0.3 is 5.32 Å². The van der Waals surface area contributed by atoms with Gasteiger partial charge in [-0.05, 0) is 19.4 Å². The molecule has 0 aliphatic heterocycles. The first kappa shape index (κ1) is 10.7. The molecular weight excluding hydrogens is 180 g/mol. The van der Waals surface area contributed by atoms with Gasteiger partial charge in [0.2, 0.25) is 0 Å². The number of thiazole rings is 1. The second-order valence-electron chi connectivity index (χ2n) is 3.61. The zero-order valence-electron chi connectivity index (χ0n) is 8.79. The molecule has 1 aromatic rings. The lowest BCUT2D eigenvalue weighted by Crippen LogP contribution is -2.25. The van der Waals surface area contributed by atoms with Gasteiger partial charge in [-0.2, -0.15) is 0 Å². The predicted molar refractivity (Wildman–Crippen MR) is 58.1 cm³/mol. The van der Waals surface area contributed by atoms with E-state index in [1.54, 1.807) is 11.3 Å². The maximum absolute atomic E-state index is 4.51. The van der Waals surface area contributed by atoms with Crippen LogP contribution in [0.5, 0.6) is 0 Å². The Labute approximate surface area is 84.4 Å². The molecule has 1 heterocycles. The largest absolute Gasteiger partial charge is 0.308 e. The van der Waals surface area contributed by atoms with Crippen molar-refractivity contribution in [3.05, 3.63) is 16.1 Å². The van der Waals surface area contributed by atoms with Gasteiger partial charge in [-0.25, -0.2) is 4.98 Å². The van der Waals surface area contributed by atoms with Crippen molar-refractivity contribution in [2.24, 2.45) is 5.92 Å². The molecule has 0 radical (unpaired) electrons. The van der Waals surface area contributed by atoms with E-state index < -0.39 is 0 Å². The molecule has 13 heavy (non-hydrogen) atoms. The monoisotopic (exact) mass is 198 g/mol. The summed E-state index contributed by atoms with van der Waals surface area (Å²) >= 11 is 1.75. The molecule has 0 spiro atoms. The Morgan fingerprint density at radius 1 is 1.54 bits per heavy atom. The summed E-state index contributed by atoms with van der Waals surface area (Å²) in [4.78, 5) is 4.51. The van der Waals surface area contributed by atoms with Crippen LogP contribution in [0, 0.1) is 12.8 Å². The number of nitrogens with one attached hydrogen (secondary N) is 1. The molecule has 74 valence electrons. The molecule has 1 N–H and O–H groups in total. The lowest BCUT2D eigenvalue weighted by Gasteiger charge is -2.18. The second kappa shape index (κ2) is 4.72. The molecule has 3 heteroatoms. The zero-order valence-corrected chi connectivity index (χ0v) is 9.61. The summed E-state index contributed by atoms with van der Waals surface area (Å²) < 4.78 is 0. The molecule has 0 amide bonds. The molecule has 0 saturated carbocycles. The van der Waals surface area contributed by atoms with Crippen LogP contribution in [0.3, 0.4) is 0 Å². The Balaban J connectivity index is 2.75. The quantitative estimate of drug-likeness (QED) is 0.804. The van der Waals surface area contributed by atoms with E-state index in [1.165, 1.54) is 5.01 Å². The summed E-state index contributed by atoms with van der Waals surface area (Å²) in [5.74, 6) is 0.602. The lowest BCUT2D eigenvalue weighted by atomic mass is 10.1. The Morgan fingerprint density at radius 3 is 2.62 bits per heavy atom. The molecule has 1 atom stereocenters. The van der Waals surface area contributed by atoms with Crippen LogP contribution in [0.2, 0.25) is 0 Å². The van der Waals surface area contributed by atoms with Crippen LogP contribution in [-0.4, -0.2) is 11.5 Å². The van der Waals surface area contributed by atoms with Crippen LogP contribution in [0.1, 0.15) is 37.5 Å². The predicted octanol–water partition coefficient (Wildman–Crippen LogP) is 2.76. The fourth-order valence-electron chi connectivity index (χ4n) is 1.34. The minimum Gasteiger partial charge on any atom is -0.308 e. The van der Waals surface area contributed by atoms with Crippen LogP contribution >= 0.6 is 11.3 Å². The minimum atomic E-state index is 0.420. The summed E-state index contributed by atoms with van der Waals surface area (Å²) in [6, 6.07) is 0.420. The van der Waals surface area contributed by atoms with E-state index in [0.717, 1.165) is 12.2 Å². The van der Waals surface area contributed by atoms with Gasteiger partial charge in [-0.1, -0.05) is 20.8 Å². The molecule has 0 saturated heterocycles. The highest BCUT2D eigenvalue weighted by molar-refractivity contribution is 7.09. The van der Waals surface area contributed by atoms with E-state index in [4.69, 9.17) is 0 Å². The van der Waals surface area contributed by atoms with Gasteiger partial charge in [-0.15, -0.1) is 11.3 Å². The molecule has 2 nitrogen and oxygen atoms in total. The molecule has 1 aromatic heterocycles. The highest BCUT2D eigenvalue weighted by Crippen LogP contribution is 2.24. The van der Waals surface area contributed by atoms with Gasteiger partial charge >= 0.3 is 0 Å². The highest BCUT2D eigenvalue weighted by Gasteiger charge is 2.17. The number of nitrogens with zero attached hydrogens (tertiary/aromatic N) is 1. The Morgan fingerprint density at radius 2 is 2.23 bits per heavy atom. The number of hydrogen-bond donors (Lipinski definition) is 1. The summed E-state index contributed by atoms with van der Waals surface area (Å²) in [6.45, 7) is 9.63. The van der Waals surface area contributed by atoms with Crippen molar-refractivity contribution in [2.45, 2.75) is 33.7 Å². The third-order valence-corrected chi connectivity index (χ3v) is 3.04. The Hall–Kier alpha value is -0.410. The van der Waals surface area contributed by atoms with Crippen molar-refractivity contribution < 1.29 is 0 Å². The lowest BCUT2D eigenvalue weighted by molar-refractivity contribution is 0.420. The second-order valence-corrected chi connectivity index (χ2v) is 4.50. The van der Waals surface area contributed by atoms with Crippen molar-refractivity contribution in [3.8, 4) is 0 Å². The zero-order chi connectivity index (χ0) is 9.84. The van der Waals surface area contributed by atoms with Crippen molar-refractivity contribution in [1.29, 1.82) is 0 Å². The van der Waals surface area contributed by atoms with Gasteiger partial charge in [-0.3, -0.25) is 0 Å². The van der Waals surface area contributed by atoms with Crippen molar-refractivity contribution in [2.75, 3.05) is 6.54 Å². The number of rotatable bonds is 4. The number of aryl methyl sites for hydroxylation is 1. The first-order chi connectivity index (χ1) is 6.15. The van der Waals surface area contributed by atoms with Crippen molar-refractivity contribution in [1.82, 2.24) is 10.3 Å². The molecule has 0 fully saturated rings. The van der Waals surface area contributed by atoms with Gasteiger partial charge in [0.05, 0.1) is 6.04 Å². The molecule has 0 bridgehead atoms. The maximum atomic E-state index is 4.51. The van der Waals surface area contributed by atoms with Gasteiger partial charge in [0, 0.05) is 11.1 Å². The molecule has 0 aliphatic rings. The minimum absolute atomic E-state index is 0.420. The topological polar surface area (TPSA) is 24.9 Å². The van der Waals surface area contributed by atoms with E-state index in [0.29, 0.717) is 12.0 Å². The SMILES string of the molecule is CCNC(c1nc(C)cs1)C(C)C. The first-order valence-electron chi connectivity index (χ1n) is 4.80. The molecular formula is C10H18N2S. The van der Waals surface area contributed by atoms with Crippen LogP contribution < -0.4 is 5.32 Å². The third-order valence-electron chi connectivity index (χ3n) is 1.99. The molecule has 1 unspecified atom stereocenters. The fraction of sp³-hybridized carbons (Fsp3) is 0.700. The molecule has 0 aliphatic carbocycles.